The summed E-state index contributed by atoms with van der Waals surface area (Å²) in [6, 6.07) is 15.5. The van der Waals surface area contributed by atoms with Gasteiger partial charge >= 0.3 is 5.97 Å². The zero-order valence-electron chi connectivity index (χ0n) is 23.1. The van der Waals surface area contributed by atoms with Crippen LogP contribution < -0.4 is 0 Å². The molecule has 1 aromatic heterocycles. The van der Waals surface area contributed by atoms with Crippen molar-refractivity contribution in [2.24, 2.45) is 34.2 Å². The average molecular weight is 533 g/mol. The van der Waals surface area contributed by atoms with Gasteiger partial charge in [-0.3, -0.25) is 0 Å². The van der Waals surface area contributed by atoms with Crippen molar-refractivity contribution in [1.82, 2.24) is 4.98 Å². The SMILES string of the molecule is C#C[C@]1(O)CC[C@H]2[C@@H]3CCC4=C/C(=N/OC(=O)c5cccc6cc7ccccc7nc56)CC[C@@H]4[C@H]3CC[C@@]21CC. The third-order valence-electron chi connectivity index (χ3n) is 11.0. The van der Waals surface area contributed by atoms with Gasteiger partial charge in [0, 0.05) is 16.2 Å². The summed E-state index contributed by atoms with van der Waals surface area (Å²) >= 11 is 0. The number of carbonyl (C=O) groups is 1. The van der Waals surface area contributed by atoms with Crippen LogP contribution in [0.1, 0.15) is 75.1 Å². The lowest BCUT2D eigenvalue weighted by Gasteiger charge is -2.56. The molecule has 7 rings (SSSR count). The number of allylic oxidation sites excluding steroid dienone is 2. The molecule has 0 bridgehead atoms. The van der Waals surface area contributed by atoms with Gasteiger partial charge in [-0.15, -0.1) is 6.42 Å². The molecule has 3 saturated carbocycles. The molecule has 4 aliphatic carbocycles. The number of hydrogen-bond donors (Lipinski definition) is 1. The fourth-order valence-electron chi connectivity index (χ4n) is 9.16. The molecule has 204 valence electrons. The van der Waals surface area contributed by atoms with E-state index in [1.54, 1.807) is 6.07 Å². The van der Waals surface area contributed by atoms with Gasteiger partial charge in [0.1, 0.15) is 5.60 Å². The smallest absolute Gasteiger partial charge is 0.367 e. The first-order chi connectivity index (χ1) is 19.5. The lowest BCUT2D eigenvalue weighted by atomic mass is 9.49. The number of oxime groups is 1. The molecule has 0 amide bonds. The second kappa shape index (κ2) is 9.56. The van der Waals surface area contributed by atoms with Crippen molar-refractivity contribution in [3.05, 3.63) is 65.7 Å². The number of rotatable bonds is 3. The van der Waals surface area contributed by atoms with Crippen LogP contribution in [-0.2, 0) is 4.84 Å². The van der Waals surface area contributed by atoms with Crippen LogP contribution in [0.4, 0.5) is 0 Å². The van der Waals surface area contributed by atoms with Crippen LogP contribution >= 0.6 is 0 Å². The highest BCUT2D eigenvalue weighted by Crippen LogP contribution is 2.66. The van der Waals surface area contributed by atoms with Crippen LogP contribution in [0, 0.1) is 41.4 Å². The van der Waals surface area contributed by atoms with Crippen molar-refractivity contribution in [2.45, 2.75) is 70.3 Å². The van der Waals surface area contributed by atoms with Crippen LogP contribution in [0.5, 0.6) is 0 Å². The number of carbonyl (C=O) groups excluding carboxylic acids is 1. The van der Waals surface area contributed by atoms with Gasteiger partial charge in [0.25, 0.3) is 0 Å². The van der Waals surface area contributed by atoms with E-state index >= 15 is 0 Å². The highest BCUT2D eigenvalue weighted by molar-refractivity contribution is 6.06. The molecule has 0 aliphatic heterocycles. The first-order valence-electron chi connectivity index (χ1n) is 14.9. The predicted octanol–water partition coefficient (Wildman–Crippen LogP) is 7.23. The molecule has 1 N–H and O–H groups in total. The number of pyridine rings is 1. The van der Waals surface area contributed by atoms with Gasteiger partial charge in [-0.2, -0.15) is 0 Å². The van der Waals surface area contributed by atoms with Crippen molar-refractivity contribution in [1.29, 1.82) is 0 Å². The molecule has 6 atom stereocenters. The maximum atomic E-state index is 13.1. The predicted molar refractivity (Wildman–Crippen MR) is 158 cm³/mol. The summed E-state index contributed by atoms with van der Waals surface area (Å²) in [5, 5.41) is 17.7. The fourth-order valence-corrected chi connectivity index (χ4v) is 9.16. The highest BCUT2D eigenvalue weighted by atomic mass is 16.7. The van der Waals surface area contributed by atoms with Gasteiger partial charge < -0.3 is 9.94 Å². The van der Waals surface area contributed by atoms with Crippen molar-refractivity contribution in [2.75, 3.05) is 0 Å². The van der Waals surface area contributed by atoms with Gasteiger partial charge in [-0.1, -0.05) is 53.9 Å². The van der Waals surface area contributed by atoms with E-state index in [1.165, 1.54) is 5.57 Å². The molecule has 5 heteroatoms. The van der Waals surface area contributed by atoms with E-state index in [4.69, 9.17) is 16.2 Å². The minimum atomic E-state index is -0.948. The van der Waals surface area contributed by atoms with E-state index in [2.05, 4.69) is 30.1 Å². The van der Waals surface area contributed by atoms with E-state index < -0.39 is 11.6 Å². The summed E-state index contributed by atoms with van der Waals surface area (Å²) < 4.78 is 0. The van der Waals surface area contributed by atoms with Crippen molar-refractivity contribution < 1.29 is 14.7 Å². The standard InChI is InChI=1S/C35H36N2O3/c1-3-34-18-16-27-26-15-13-25(21-22(26)12-14-28(27)30(34)17-19-35(34,39)4-2)37-40-33(38)29-10-7-9-24-20-23-8-5-6-11-31(23)36-32(24)29/h2,5-11,20-21,26-28,30,39H,3,12-19H2,1H3/b37-25+/t26-,27+,28+,30-,34-,35-/m0/s1. The largest absolute Gasteiger partial charge is 0.377 e. The van der Waals surface area contributed by atoms with Gasteiger partial charge in [-0.25, -0.2) is 9.78 Å². The van der Waals surface area contributed by atoms with Crippen LogP contribution in [-0.4, -0.2) is 27.4 Å². The Labute approximate surface area is 235 Å². The Kier molecular flexibility index (Phi) is 6.09. The topological polar surface area (TPSA) is 71.8 Å². The molecular weight excluding hydrogens is 496 g/mol. The fraction of sp³-hybridized carbons (Fsp3) is 0.457. The number of benzene rings is 2. The molecule has 3 aromatic rings. The Morgan fingerprint density at radius 1 is 1.07 bits per heavy atom. The van der Waals surface area contributed by atoms with Crippen LogP contribution in [0.3, 0.4) is 0 Å². The van der Waals surface area contributed by atoms with E-state index in [1.807, 2.05) is 36.4 Å². The Hall–Kier alpha value is -3.49. The van der Waals surface area contributed by atoms with Crippen molar-refractivity contribution in [3.8, 4) is 12.3 Å². The lowest BCUT2D eigenvalue weighted by Crippen LogP contribution is -2.53. The van der Waals surface area contributed by atoms with Crippen molar-refractivity contribution >= 4 is 33.5 Å². The minimum Gasteiger partial charge on any atom is -0.377 e. The Morgan fingerprint density at radius 2 is 1.93 bits per heavy atom. The van der Waals surface area contributed by atoms with Crippen LogP contribution in [0.25, 0.3) is 21.8 Å². The normalized spacial score (nSPS) is 34.0. The highest BCUT2D eigenvalue weighted by Gasteiger charge is 2.63. The molecule has 0 radical (unpaired) electrons. The number of fused-ring (bicyclic) bond motifs is 7. The first-order valence-corrected chi connectivity index (χ1v) is 14.9. The maximum absolute atomic E-state index is 13.1. The third kappa shape index (κ3) is 3.76. The molecule has 0 saturated heterocycles. The van der Waals surface area contributed by atoms with E-state index in [9.17, 15) is 9.90 Å². The molecule has 4 aliphatic rings. The van der Waals surface area contributed by atoms with Gasteiger partial charge in [0.15, 0.2) is 0 Å². The van der Waals surface area contributed by atoms with E-state index in [0.717, 1.165) is 79.8 Å². The Balaban J connectivity index is 1.09. The average Bonchev–Trinajstić information content (AvgIpc) is 3.31. The monoisotopic (exact) mass is 532 g/mol. The van der Waals surface area contributed by atoms with E-state index in [0.29, 0.717) is 34.8 Å². The summed E-state index contributed by atoms with van der Waals surface area (Å²) in [7, 11) is 0. The summed E-state index contributed by atoms with van der Waals surface area (Å²) in [4.78, 5) is 23.4. The third-order valence-corrected chi connectivity index (χ3v) is 11.0. The molecule has 0 spiro atoms. The lowest BCUT2D eigenvalue weighted by molar-refractivity contribution is -0.0989. The number of aliphatic hydroxyl groups is 1. The molecular formula is C35H36N2O3. The van der Waals surface area contributed by atoms with Crippen molar-refractivity contribution in [3.63, 3.8) is 0 Å². The van der Waals surface area contributed by atoms with Gasteiger partial charge in [0.05, 0.1) is 22.3 Å². The number of nitrogens with zero attached hydrogens (tertiary/aromatic N) is 2. The quantitative estimate of drug-likeness (QED) is 0.167. The zero-order valence-corrected chi connectivity index (χ0v) is 23.1. The molecule has 5 nitrogen and oxygen atoms in total. The summed E-state index contributed by atoms with van der Waals surface area (Å²) in [5.74, 6) is 4.69. The second-order valence-corrected chi connectivity index (χ2v) is 12.4. The summed E-state index contributed by atoms with van der Waals surface area (Å²) in [6.07, 6.45) is 17.0. The maximum Gasteiger partial charge on any atom is 0.367 e. The van der Waals surface area contributed by atoms with Gasteiger partial charge in [-0.05, 0) is 106 Å². The van der Waals surface area contributed by atoms with Crippen LogP contribution in [0.15, 0.2) is 65.3 Å². The molecule has 2 aromatic carbocycles. The number of terminal acetylenes is 1. The van der Waals surface area contributed by atoms with Gasteiger partial charge in [0.2, 0.25) is 0 Å². The van der Waals surface area contributed by atoms with Crippen LogP contribution in [0.2, 0.25) is 0 Å². The zero-order chi connectivity index (χ0) is 27.5. The number of para-hydroxylation sites is 2. The molecule has 0 unspecified atom stereocenters. The Bertz CT molecular complexity index is 1620. The minimum absolute atomic E-state index is 0.123. The molecule has 3 fully saturated rings. The number of aromatic nitrogens is 1. The second-order valence-electron chi connectivity index (χ2n) is 12.4. The Morgan fingerprint density at radius 3 is 2.77 bits per heavy atom. The molecule has 40 heavy (non-hydrogen) atoms. The molecule has 1 heterocycles. The number of hydrogen-bond acceptors (Lipinski definition) is 5. The van der Waals surface area contributed by atoms with E-state index in [-0.39, 0.29) is 5.41 Å². The first kappa shape index (κ1) is 25.5. The summed E-state index contributed by atoms with van der Waals surface area (Å²) in [6.45, 7) is 2.22. The summed E-state index contributed by atoms with van der Waals surface area (Å²) in [5.41, 5.74) is 3.14.